The van der Waals surface area contributed by atoms with E-state index in [4.69, 9.17) is 0 Å². The Hall–Kier alpha value is -2.85. The van der Waals surface area contributed by atoms with Crippen LogP contribution in [0.3, 0.4) is 0 Å². The van der Waals surface area contributed by atoms with E-state index in [0.29, 0.717) is 0 Å². The Labute approximate surface area is 193 Å². The van der Waals surface area contributed by atoms with Crippen LogP contribution in [-0.2, 0) is 5.90 Å². The molecule has 0 saturated heterocycles. The third-order valence-corrected chi connectivity index (χ3v) is 11.6. The summed E-state index contributed by atoms with van der Waals surface area (Å²) < 4.78 is 0. The molecule has 1 aromatic heterocycles. The van der Waals surface area contributed by atoms with Gasteiger partial charge in [-0.25, -0.2) is 0 Å². The highest BCUT2D eigenvalue weighted by Gasteiger charge is 2.32. The van der Waals surface area contributed by atoms with E-state index in [0.717, 1.165) is 0 Å². The zero-order chi connectivity index (χ0) is 21.8. The summed E-state index contributed by atoms with van der Waals surface area (Å²) in [5.41, 5.74) is 2.77. The van der Waals surface area contributed by atoms with Crippen LogP contribution in [0, 0.1) is 0 Å². The Morgan fingerprint density at radius 1 is 0.469 bits per heavy atom. The maximum Gasteiger partial charge on any atom is 0.139 e. The molecule has 32 heavy (non-hydrogen) atoms. The van der Waals surface area contributed by atoms with Crippen molar-refractivity contribution in [2.45, 2.75) is 5.90 Å². The third-order valence-electron chi connectivity index (χ3n) is 5.54. The molecule has 0 bridgehead atoms. The smallest absolute Gasteiger partial charge is 0.0848 e. The van der Waals surface area contributed by atoms with E-state index < -0.39 is 14.7 Å². The van der Waals surface area contributed by atoms with Crippen LogP contribution < -0.4 is 10.6 Å². The van der Waals surface area contributed by atoms with Gasteiger partial charge in [0.1, 0.15) is 7.57 Å². The van der Waals surface area contributed by atoms with Crippen LogP contribution in [0.4, 0.5) is 0 Å². The summed E-state index contributed by atoms with van der Waals surface area (Å²) in [7, 11) is -1.71. The monoisotopic (exact) mass is 448 g/mol. The molecule has 0 amide bonds. The molecule has 0 nitrogen and oxygen atoms in total. The Morgan fingerprint density at radius 3 is 1.19 bits per heavy atom. The predicted octanol–water partition coefficient (Wildman–Crippen LogP) is 6.91. The standard InChI is InChI=1S/C29H27BP2/c30-32(26-17-9-3-10-18-26,27-19-11-4-12-20-27)23-31-28(24-13-5-1-6-14-24)21-22-29(31)25-15-7-2-8-16-25/h1-22H,23H2,30H3. The summed E-state index contributed by atoms with van der Waals surface area (Å²) in [5, 5.41) is 6.27. The van der Waals surface area contributed by atoms with E-state index in [-0.39, 0.29) is 7.57 Å². The maximum absolute atomic E-state index is 2.41. The van der Waals surface area contributed by atoms with E-state index in [9.17, 15) is 0 Å². The van der Waals surface area contributed by atoms with Crippen LogP contribution in [0.5, 0.6) is 0 Å². The molecule has 0 fully saturated rings. The number of rotatable bonds is 6. The van der Waals surface area contributed by atoms with Gasteiger partial charge < -0.3 is 0 Å². The molecule has 3 heteroatoms. The van der Waals surface area contributed by atoms with Gasteiger partial charge in [0.25, 0.3) is 0 Å². The molecule has 0 aliphatic heterocycles. The summed E-state index contributed by atoms with van der Waals surface area (Å²) in [6.45, 7) is 0. The fourth-order valence-corrected chi connectivity index (χ4v) is 10.7. The quantitative estimate of drug-likeness (QED) is 0.196. The summed E-state index contributed by atoms with van der Waals surface area (Å²) in [4.78, 5) is 0. The number of hydrogen-bond donors (Lipinski definition) is 0. The Kier molecular flexibility index (Phi) is 6.13. The van der Waals surface area contributed by atoms with Gasteiger partial charge in [0.05, 0.1) is 16.5 Å². The minimum absolute atomic E-state index is 0.0600. The molecule has 0 aliphatic rings. The Morgan fingerprint density at radius 2 is 0.812 bits per heavy atom. The molecular formula is C29H27BP2. The largest absolute Gasteiger partial charge is 0.139 e. The molecule has 0 aliphatic carbocycles. The maximum atomic E-state index is 2.41. The second kappa shape index (κ2) is 9.34. The second-order valence-corrected chi connectivity index (χ2v) is 12.3. The zero-order valence-corrected chi connectivity index (χ0v) is 19.1. The first-order valence-corrected chi connectivity index (χ1v) is 13.6. The Balaban J connectivity index is 1.71. The zero-order valence-electron chi connectivity index (χ0n) is 17.3. The van der Waals surface area contributed by atoms with Crippen molar-refractivity contribution in [3.63, 3.8) is 0 Å². The highest BCUT2D eigenvalue weighted by molar-refractivity contribution is 8.11. The van der Waals surface area contributed by atoms with Crippen LogP contribution in [0.1, 0.15) is 0 Å². The normalized spacial score (nSPS) is 11.4. The van der Waals surface area contributed by atoms with E-state index in [2.05, 4.69) is 133 Å². The van der Waals surface area contributed by atoms with Gasteiger partial charge in [0, 0.05) is 10.6 Å². The molecule has 5 aromatic rings. The van der Waals surface area contributed by atoms with Gasteiger partial charge in [0.15, 0.2) is 0 Å². The first-order valence-electron chi connectivity index (χ1n) is 10.6. The van der Waals surface area contributed by atoms with Crippen molar-refractivity contribution >= 4 is 32.8 Å². The van der Waals surface area contributed by atoms with Gasteiger partial charge in [0.2, 0.25) is 0 Å². The van der Waals surface area contributed by atoms with Gasteiger partial charge in [-0.3, -0.25) is 0 Å². The molecule has 0 atom stereocenters. The molecule has 4 aromatic carbocycles. The second-order valence-electron chi connectivity index (χ2n) is 7.50. The lowest BCUT2D eigenvalue weighted by Crippen LogP contribution is -2.22. The summed E-state index contributed by atoms with van der Waals surface area (Å²) >= 11 is 0. The SMILES string of the molecule is [BH3-][P+](Cp1c(-c2ccccc2)ccc1-c1ccccc1)(c1ccccc1)c1ccccc1. The van der Waals surface area contributed by atoms with Crippen molar-refractivity contribution in [2.24, 2.45) is 0 Å². The van der Waals surface area contributed by atoms with Crippen molar-refractivity contribution in [1.29, 1.82) is 0 Å². The molecule has 156 valence electrons. The van der Waals surface area contributed by atoms with Crippen molar-refractivity contribution in [1.82, 2.24) is 0 Å². The lowest BCUT2D eigenvalue weighted by atomic mass is 10.2. The van der Waals surface area contributed by atoms with Crippen LogP contribution >= 0.6 is 14.7 Å². The average molecular weight is 448 g/mol. The van der Waals surface area contributed by atoms with Crippen LogP contribution in [0.15, 0.2) is 133 Å². The predicted molar refractivity (Wildman–Crippen MR) is 149 cm³/mol. The van der Waals surface area contributed by atoms with Crippen LogP contribution in [-0.4, -0.2) is 7.57 Å². The minimum Gasteiger partial charge on any atom is -0.0848 e. The number of hydrogen-bond acceptors (Lipinski definition) is 0. The molecule has 0 spiro atoms. The number of benzene rings is 4. The van der Waals surface area contributed by atoms with Gasteiger partial charge in [-0.15, -0.1) is 0 Å². The first-order chi connectivity index (χ1) is 15.8. The highest BCUT2D eigenvalue weighted by Crippen LogP contribution is 2.65. The molecule has 5 rings (SSSR count). The Bertz CT molecular complexity index is 1180. The van der Waals surface area contributed by atoms with E-state index in [1.54, 1.807) is 10.6 Å². The van der Waals surface area contributed by atoms with E-state index in [1.807, 2.05) is 0 Å². The first kappa shape index (κ1) is 21.0. The minimum atomic E-state index is -1.34. The molecular weight excluding hydrogens is 421 g/mol. The third kappa shape index (κ3) is 4.12. The summed E-state index contributed by atoms with van der Waals surface area (Å²) in [5.74, 6) is 1.29. The molecule has 0 N–H and O–H groups in total. The topological polar surface area (TPSA) is 0 Å². The lowest BCUT2D eigenvalue weighted by Gasteiger charge is -2.31. The fraction of sp³-hybridized carbons (Fsp3) is 0.0345. The van der Waals surface area contributed by atoms with Crippen molar-refractivity contribution in [3.8, 4) is 21.7 Å². The summed E-state index contributed by atoms with van der Waals surface area (Å²) in [6, 6.07) is 49.8. The van der Waals surface area contributed by atoms with Gasteiger partial charge in [-0.1, -0.05) is 112 Å². The average Bonchev–Trinajstić information content (AvgIpc) is 3.29. The molecule has 0 unspecified atom stereocenters. The van der Waals surface area contributed by atoms with Crippen molar-refractivity contribution in [3.05, 3.63) is 133 Å². The van der Waals surface area contributed by atoms with E-state index in [1.165, 1.54) is 27.6 Å². The summed E-state index contributed by atoms with van der Waals surface area (Å²) in [6.07, 6.45) is 0. The van der Waals surface area contributed by atoms with E-state index >= 15 is 0 Å². The molecule has 0 radical (unpaired) electrons. The van der Waals surface area contributed by atoms with Crippen LogP contribution in [0.2, 0.25) is 0 Å². The molecule has 1 heterocycles. The fourth-order valence-electron chi connectivity index (χ4n) is 4.01. The lowest BCUT2D eigenvalue weighted by molar-refractivity contribution is 1.69. The van der Waals surface area contributed by atoms with Gasteiger partial charge >= 0.3 is 0 Å². The van der Waals surface area contributed by atoms with Crippen molar-refractivity contribution < 1.29 is 0 Å². The van der Waals surface area contributed by atoms with Gasteiger partial charge in [-0.05, 0) is 47.5 Å². The van der Waals surface area contributed by atoms with Crippen LogP contribution in [0.25, 0.3) is 21.7 Å². The highest BCUT2D eigenvalue weighted by atomic mass is 31.2. The molecule has 0 saturated carbocycles. The van der Waals surface area contributed by atoms with Crippen molar-refractivity contribution in [2.75, 3.05) is 0 Å². The van der Waals surface area contributed by atoms with Gasteiger partial charge in [-0.2, -0.15) is 0 Å².